The predicted molar refractivity (Wildman–Crippen MR) is 101 cm³/mol. The molecule has 0 heterocycles. The molecule has 120 valence electrons. The molecule has 0 saturated carbocycles. The average Bonchev–Trinajstić information content (AvgIpc) is 2.39. The molecule has 0 atom stereocenters. The first-order valence-electron chi connectivity index (χ1n) is 7.48. The Kier molecular flexibility index (Phi) is 8.06. The van der Waals surface area contributed by atoms with Gasteiger partial charge in [-0.15, -0.1) is 23.5 Å². The molecular weight excluding hydrogens is 316 g/mol. The molecule has 0 radical (unpaired) electrons. The Balaban J connectivity index is 2.85. The van der Waals surface area contributed by atoms with Crippen LogP contribution in [0, 0.1) is 0 Å². The van der Waals surface area contributed by atoms with Gasteiger partial charge in [-0.25, -0.2) is 0 Å². The Morgan fingerprint density at radius 2 is 1.67 bits per heavy atom. The van der Waals surface area contributed by atoms with Crippen molar-refractivity contribution in [2.75, 3.05) is 18.6 Å². The third-order valence-corrected chi connectivity index (χ3v) is 6.14. The molecule has 0 aliphatic carbocycles. The zero-order chi connectivity index (χ0) is 15.9. The first-order valence-corrected chi connectivity index (χ1v) is 13.0. The number of benzene rings is 1. The van der Waals surface area contributed by atoms with Gasteiger partial charge in [0.2, 0.25) is 8.32 Å². The van der Waals surface area contributed by atoms with E-state index in [0.29, 0.717) is 4.58 Å². The van der Waals surface area contributed by atoms with Crippen LogP contribution in [0.2, 0.25) is 19.6 Å². The molecule has 0 spiro atoms. The molecule has 0 N–H and O–H groups in total. The van der Waals surface area contributed by atoms with Crippen LogP contribution < -0.4 is 9.16 Å². The number of thioether (sulfide) groups is 2. The molecule has 0 aromatic heterocycles. The molecule has 0 fully saturated rings. The van der Waals surface area contributed by atoms with Gasteiger partial charge in [0, 0.05) is 0 Å². The Hall–Kier alpha value is -0.263. The van der Waals surface area contributed by atoms with Crippen LogP contribution >= 0.6 is 23.5 Å². The van der Waals surface area contributed by atoms with E-state index in [-0.39, 0.29) is 0 Å². The van der Waals surface area contributed by atoms with Gasteiger partial charge in [-0.2, -0.15) is 0 Å². The van der Waals surface area contributed by atoms with Crippen molar-refractivity contribution in [3.05, 3.63) is 23.8 Å². The van der Waals surface area contributed by atoms with E-state index in [0.717, 1.165) is 29.4 Å². The van der Waals surface area contributed by atoms with Crippen LogP contribution in [0.3, 0.4) is 0 Å². The van der Waals surface area contributed by atoms with Gasteiger partial charge < -0.3 is 9.16 Å². The molecule has 1 aromatic carbocycles. The summed E-state index contributed by atoms with van der Waals surface area (Å²) >= 11 is 4.04. The maximum Gasteiger partial charge on any atom is 0.242 e. The van der Waals surface area contributed by atoms with Crippen LogP contribution in [0.25, 0.3) is 0 Å². The maximum absolute atomic E-state index is 6.08. The van der Waals surface area contributed by atoms with E-state index in [1.165, 1.54) is 5.56 Å². The number of rotatable bonds is 9. The summed E-state index contributed by atoms with van der Waals surface area (Å²) in [7, 11) is 0.109. The third-order valence-electron chi connectivity index (χ3n) is 2.75. The SMILES string of the molecule is CCSC(Cc1ccc(O[Si](C)(C)C)c(OC)c1)SCC. The summed E-state index contributed by atoms with van der Waals surface area (Å²) in [5, 5.41) is 0. The summed E-state index contributed by atoms with van der Waals surface area (Å²) in [6, 6.07) is 6.38. The van der Waals surface area contributed by atoms with Crippen LogP contribution in [-0.2, 0) is 6.42 Å². The van der Waals surface area contributed by atoms with Crippen LogP contribution in [0.1, 0.15) is 19.4 Å². The summed E-state index contributed by atoms with van der Waals surface area (Å²) in [5.41, 5.74) is 1.32. The molecule has 0 bridgehead atoms. The van der Waals surface area contributed by atoms with Gasteiger partial charge in [0.05, 0.1) is 11.7 Å². The second-order valence-electron chi connectivity index (χ2n) is 5.74. The van der Waals surface area contributed by atoms with Crippen molar-refractivity contribution in [1.82, 2.24) is 0 Å². The lowest BCUT2D eigenvalue weighted by Crippen LogP contribution is -2.29. The first-order chi connectivity index (χ1) is 9.89. The molecule has 0 saturated heterocycles. The first kappa shape index (κ1) is 18.8. The van der Waals surface area contributed by atoms with E-state index in [4.69, 9.17) is 9.16 Å². The van der Waals surface area contributed by atoms with Crippen LogP contribution in [0.5, 0.6) is 11.5 Å². The minimum atomic E-state index is -1.61. The van der Waals surface area contributed by atoms with Gasteiger partial charge in [-0.3, -0.25) is 0 Å². The van der Waals surface area contributed by atoms with Gasteiger partial charge in [0.25, 0.3) is 0 Å². The number of ether oxygens (including phenoxy) is 1. The minimum Gasteiger partial charge on any atom is -0.542 e. The lowest BCUT2D eigenvalue weighted by atomic mass is 10.1. The highest BCUT2D eigenvalue weighted by molar-refractivity contribution is 8.16. The zero-order valence-electron chi connectivity index (χ0n) is 14.1. The highest BCUT2D eigenvalue weighted by atomic mass is 32.2. The van der Waals surface area contributed by atoms with Crippen molar-refractivity contribution in [2.45, 2.75) is 44.5 Å². The second kappa shape index (κ2) is 9.01. The summed E-state index contributed by atoms with van der Waals surface area (Å²) in [6.45, 7) is 11.0. The van der Waals surface area contributed by atoms with Crippen molar-refractivity contribution in [1.29, 1.82) is 0 Å². The molecule has 2 nitrogen and oxygen atoms in total. The van der Waals surface area contributed by atoms with E-state index >= 15 is 0 Å². The quantitative estimate of drug-likeness (QED) is 0.448. The lowest BCUT2D eigenvalue weighted by Gasteiger charge is -2.22. The summed E-state index contributed by atoms with van der Waals surface area (Å²) < 4.78 is 12.2. The lowest BCUT2D eigenvalue weighted by molar-refractivity contribution is 0.391. The number of hydrogen-bond acceptors (Lipinski definition) is 4. The summed E-state index contributed by atoms with van der Waals surface area (Å²) in [6.07, 6.45) is 1.07. The maximum atomic E-state index is 6.08. The molecule has 0 amide bonds. The normalized spacial score (nSPS) is 11.8. The summed E-state index contributed by atoms with van der Waals surface area (Å²) in [5.74, 6) is 4.05. The van der Waals surface area contributed by atoms with E-state index < -0.39 is 8.32 Å². The summed E-state index contributed by atoms with van der Waals surface area (Å²) in [4.78, 5) is 0. The number of hydrogen-bond donors (Lipinski definition) is 0. The molecule has 0 aliphatic heterocycles. The predicted octanol–water partition coefficient (Wildman–Crippen LogP) is 5.28. The van der Waals surface area contributed by atoms with E-state index in [2.05, 4.69) is 51.7 Å². The van der Waals surface area contributed by atoms with Gasteiger partial charge in [-0.05, 0) is 55.3 Å². The molecule has 5 heteroatoms. The van der Waals surface area contributed by atoms with E-state index in [9.17, 15) is 0 Å². The minimum absolute atomic E-state index is 0.619. The van der Waals surface area contributed by atoms with Crippen molar-refractivity contribution < 1.29 is 9.16 Å². The fourth-order valence-electron chi connectivity index (χ4n) is 1.98. The van der Waals surface area contributed by atoms with Gasteiger partial charge in [0.15, 0.2) is 5.75 Å². The van der Waals surface area contributed by atoms with Crippen LogP contribution in [0.4, 0.5) is 0 Å². The van der Waals surface area contributed by atoms with Crippen LogP contribution in [0.15, 0.2) is 18.2 Å². The average molecular weight is 345 g/mol. The Morgan fingerprint density at radius 1 is 1.05 bits per heavy atom. The highest BCUT2D eigenvalue weighted by Gasteiger charge is 2.19. The molecule has 0 unspecified atom stereocenters. The zero-order valence-corrected chi connectivity index (χ0v) is 16.7. The van der Waals surface area contributed by atoms with Crippen LogP contribution in [-0.4, -0.2) is 31.5 Å². The fraction of sp³-hybridized carbons (Fsp3) is 0.625. The van der Waals surface area contributed by atoms with E-state index in [1.807, 2.05) is 23.5 Å². The molecular formula is C16H28O2S2Si. The topological polar surface area (TPSA) is 18.5 Å². The van der Waals surface area contributed by atoms with Crippen molar-refractivity contribution in [3.8, 4) is 11.5 Å². The Morgan fingerprint density at radius 3 is 2.14 bits per heavy atom. The molecule has 1 aromatic rings. The molecule has 1 rings (SSSR count). The van der Waals surface area contributed by atoms with Gasteiger partial charge in [0.1, 0.15) is 5.75 Å². The van der Waals surface area contributed by atoms with Gasteiger partial charge in [-0.1, -0.05) is 19.9 Å². The molecule has 0 aliphatic rings. The third kappa shape index (κ3) is 7.02. The van der Waals surface area contributed by atoms with Gasteiger partial charge >= 0.3 is 0 Å². The van der Waals surface area contributed by atoms with Crippen molar-refractivity contribution in [3.63, 3.8) is 0 Å². The standard InChI is InChI=1S/C16H28O2S2Si/c1-7-19-16(20-8-2)12-13-9-10-14(15(11-13)17-3)18-21(4,5)6/h9-11,16H,7-8,12H2,1-6H3. The second-order valence-corrected chi connectivity index (χ2v) is 13.4. The molecule has 21 heavy (non-hydrogen) atoms. The Bertz CT molecular complexity index is 427. The Labute approximate surface area is 139 Å². The monoisotopic (exact) mass is 344 g/mol. The number of methoxy groups -OCH3 is 1. The van der Waals surface area contributed by atoms with Crippen molar-refractivity contribution in [2.24, 2.45) is 0 Å². The van der Waals surface area contributed by atoms with E-state index in [1.54, 1.807) is 7.11 Å². The smallest absolute Gasteiger partial charge is 0.242 e. The fourth-order valence-corrected chi connectivity index (χ4v) is 5.38. The highest BCUT2D eigenvalue weighted by Crippen LogP contribution is 2.33. The van der Waals surface area contributed by atoms with Crippen molar-refractivity contribution >= 4 is 31.8 Å². The largest absolute Gasteiger partial charge is 0.542 e.